The van der Waals surface area contributed by atoms with E-state index in [2.05, 4.69) is 0 Å². The lowest BCUT2D eigenvalue weighted by Gasteiger charge is -2.03. The molecule has 90 valence electrons. The molecule has 0 unspecified atom stereocenters. The maximum atomic E-state index is 11.1. The Morgan fingerprint density at radius 1 is 1.47 bits per heavy atom. The molecule has 2 aromatic rings. The Morgan fingerprint density at radius 2 is 2.18 bits per heavy atom. The third-order valence-electron chi connectivity index (χ3n) is 2.58. The number of fused-ring (bicyclic) bond motifs is 1. The van der Waals surface area contributed by atoms with Crippen LogP contribution >= 0.6 is 11.6 Å². The van der Waals surface area contributed by atoms with E-state index in [4.69, 9.17) is 21.1 Å². The molecule has 4 heteroatoms. The quantitative estimate of drug-likeness (QED) is 0.899. The lowest BCUT2D eigenvalue weighted by Crippen LogP contribution is -2.02. The first-order valence-electron chi connectivity index (χ1n) is 5.44. The Labute approximate surface area is 104 Å². The van der Waals surface area contributed by atoms with E-state index in [0.717, 1.165) is 10.9 Å². The van der Waals surface area contributed by atoms with Crippen molar-refractivity contribution in [3.63, 3.8) is 0 Å². The van der Waals surface area contributed by atoms with E-state index >= 15 is 0 Å². The zero-order chi connectivity index (χ0) is 12.6. The number of aromatic carboxylic acids is 1. The molecule has 17 heavy (non-hydrogen) atoms. The fraction of sp³-hybridized carbons (Fsp3) is 0.308. The van der Waals surface area contributed by atoms with Gasteiger partial charge in [0, 0.05) is 10.9 Å². The van der Waals surface area contributed by atoms with E-state index in [-0.39, 0.29) is 5.76 Å². The standard InChI is InChI=1S/C13H13ClO3/c1-7(2)6-9-8-4-3-5-10(14)11(8)17-12(9)13(15)16/h3-5,7H,6H2,1-2H3,(H,15,16). The second-order valence-electron chi connectivity index (χ2n) is 4.43. The highest BCUT2D eigenvalue weighted by Gasteiger charge is 2.21. The van der Waals surface area contributed by atoms with Crippen molar-refractivity contribution >= 4 is 28.5 Å². The van der Waals surface area contributed by atoms with Crippen LogP contribution in [0.5, 0.6) is 0 Å². The van der Waals surface area contributed by atoms with Gasteiger partial charge in [0.05, 0.1) is 5.02 Å². The predicted molar refractivity (Wildman–Crippen MR) is 66.7 cm³/mol. The number of furan rings is 1. The lowest BCUT2D eigenvalue weighted by atomic mass is 10.00. The molecule has 0 saturated heterocycles. The van der Waals surface area contributed by atoms with Gasteiger partial charge in [-0.25, -0.2) is 4.79 Å². The van der Waals surface area contributed by atoms with Crippen LogP contribution in [0.3, 0.4) is 0 Å². The van der Waals surface area contributed by atoms with E-state index in [9.17, 15) is 4.79 Å². The summed E-state index contributed by atoms with van der Waals surface area (Å²) in [5, 5.41) is 10.4. The summed E-state index contributed by atoms with van der Waals surface area (Å²) in [6, 6.07) is 5.34. The van der Waals surface area contributed by atoms with Gasteiger partial charge in [-0.3, -0.25) is 0 Å². The van der Waals surface area contributed by atoms with Crippen LogP contribution in [0.4, 0.5) is 0 Å². The van der Waals surface area contributed by atoms with Gasteiger partial charge < -0.3 is 9.52 Å². The number of para-hydroxylation sites is 1. The molecule has 0 aliphatic carbocycles. The summed E-state index contributed by atoms with van der Waals surface area (Å²) in [4.78, 5) is 11.1. The summed E-state index contributed by atoms with van der Waals surface area (Å²) < 4.78 is 5.36. The molecule has 0 spiro atoms. The highest BCUT2D eigenvalue weighted by molar-refractivity contribution is 6.35. The minimum absolute atomic E-state index is 0.00167. The molecule has 0 aliphatic rings. The van der Waals surface area contributed by atoms with Crippen molar-refractivity contribution in [2.45, 2.75) is 20.3 Å². The maximum Gasteiger partial charge on any atom is 0.372 e. The number of hydrogen-bond donors (Lipinski definition) is 1. The van der Waals surface area contributed by atoms with Gasteiger partial charge in [0.1, 0.15) is 0 Å². The first-order valence-corrected chi connectivity index (χ1v) is 5.81. The van der Waals surface area contributed by atoms with E-state index in [0.29, 0.717) is 22.9 Å². The minimum Gasteiger partial charge on any atom is -0.475 e. The van der Waals surface area contributed by atoms with Gasteiger partial charge in [-0.1, -0.05) is 37.6 Å². The van der Waals surface area contributed by atoms with Crippen LogP contribution in [0, 0.1) is 5.92 Å². The average Bonchev–Trinajstić information content (AvgIpc) is 2.58. The van der Waals surface area contributed by atoms with Crippen molar-refractivity contribution < 1.29 is 14.3 Å². The van der Waals surface area contributed by atoms with Gasteiger partial charge in [-0.2, -0.15) is 0 Å². The smallest absolute Gasteiger partial charge is 0.372 e. The summed E-state index contributed by atoms with van der Waals surface area (Å²) in [6.07, 6.45) is 0.662. The third-order valence-corrected chi connectivity index (χ3v) is 2.87. The number of benzene rings is 1. The maximum absolute atomic E-state index is 11.1. The summed E-state index contributed by atoms with van der Waals surface area (Å²) >= 11 is 6.00. The topological polar surface area (TPSA) is 50.4 Å². The Hall–Kier alpha value is -1.48. The molecule has 1 heterocycles. The fourth-order valence-corrected chi connectivity index (χ4v) is 2.13. The number of carboxylic acids is 1. The second kappa shape index (κ2) is 4.41. The Morgan fingerprint density at radius 3 is 2.76 bits per heavy atom. The molecule has 0 bridgehead atoms. The normalized spacial score (nSPS) is 11.3. The Balaban J connectivity index is 2.71. The molecule has 0 aliphatic heterocycles. The molecule has 0 amide bonds. The molecule has 0 saturated carbocycles. The molecule has 0 radical (unpaired) electrons. The van der Waals surface area contributed by atoms with E-state index in [1.165, 1.54) is 0 Å². The van der Waals surface area contributed by atoms with Gasteiger partial charge in [0.25, 0.3) is 0 Å². The van der Waals surface area contributed by atoms with Gasteiger partial charge in [-0.05, 0) is 18.4 Å². The molecule has 0 fully saturated rings. The van der Waals surface area contributed by atoms with Crippen LogP contribution in [0.25, 0.3) is 11.0 Å². The number of halogens is 1. The number of hydrogen-bond acceptors (Lipinski definition) is 2. The van der Waals surface area contributed by atoms with Gasteiger partial charge in [0.2, 0.25) is 5.76 Å². The number of carboxylic acid groups (broad SMARTS) is 1. The van der Waals surface area contributed by atoms with E-state index in [1.54, 1.807) is 12.1 Å². The molecule has 3 nitrogen and oxygen atoms in total. The van der Waals surface area contributed by atoms with Gasteiger partial charge >= 0.3 is 5.97 Å². The minimum atomic E-state index is -1.05. The van der Waals surface area contributed by atoms with Gasteiger partial charge in [-0.15, -0.1) is 0 Å². The Bertz CT molecular complexity index is 569. The van der Waals surface area contributed by atoms with Crippen LogP contribution < -0.4 is 0 Å². The fourth-order valence-electron chi connectivity index (χ4n) is 1.92. The van der Waals surface area contributed by atoms with Gasteiger partial charge in [0.15, 0.2) is 5.58 Å². The van der Waals surface area contributed by atoms with Crippen LogP contribution in [-0.2, 0) is 6.42 Å². The lowest BCUT2D eigenvalue weighted by molar-refractivity contribution is 0.0663. The number of rotatable bonds is 3. The number of carbonyl (C=O) groups is 1. The molecule has 1 N–H and O–H groups in total. The van der Waals surface area contributed by atoms with Crippen molar-refractivity contribution in [3.8, 4) is 0 Å². The van der Waals surface area contributed by atoms with Crippen molar-refractivity contribution in [2.24, 2.45) is 5.92 Å². The molecular formula is C13H13ClO3. The SMILES string of the molecule is CC(C)Cc1c(C(=O)O)oc2c(Cl)cccc12. The monoisotopic (exact) mass is 252 g/mol. The van der Waals surface area contributed by atoms with Crippen molar-refractivity contribution in [2.75, 3.05) is 0 Å². The molecule has 0 atom stereocenters. The van der Waals surface area contributed by atoms with E-state index in [1.807, 2.05) is 19.9 Å². The molecule has 2 rings (SSSR count). The summed E-state index contributed by atoms with van der Waals surface area (Å²) in [5.74, 6) is -0.692. The molecule has 1 aromatic heterocycles. The Kier molecular flexibility index (Phi) is 3.11. The first kappa shape index (κ1) is 12.0. The summed E-state index contributed by atoms with van der Waals surface area (Å²) in [6.45, 7) is 4.07. The van der Waals surface area contributed by atoms with Crippen LogP contribution in [0.15, 0.2) is 22.6 Å². The van der Waals surface area contributed by atoms with Crippen molar-refractivity contribution in [1.29, 1.82) is 0 Å². The van der Waals surface area contributed by atoms with Crippen LogP contribution in [0.1, 0.15) is 30.0 Å². The third kappa shape index (κ3) is 2.15. The second-order valence-corrected chi connectivity index (χ2v) is 4.84. The van der Waals surface area contributed by atoms with Crippen molar-refractivity contribution in [3.05, 3.63) is 34.5 Å². The molecular weight excluding hydrogens is 240 g/mol. The van der Waals surface area contributed by atoms with Crippen LogP contribution in [0.2, 0.25) is 5.02 Å². The highest BCUT2D eigenvalue weighted by atomic mass is 35.5. The summed E-state index contributed by atoms with van der Waals surface area (Å²) in [7, 11) is 0. The predicted octanol–water partition coefficient (Wildman–Crippen LogP) is 3.98. The zero-order valence-corrected chi connectivity index (χ0v) is 10.4. The zero-order valence-electron chi connectivity index (χ0n) is 9.66. The van der Waals surface area contributed by atoms with Crippen LogP contribution in [-0.4, -0.2) is 11.1 Å². The first-order chi connectivity index (χ1) is 8.00. The van der Waals surface area contributed by atoms with E-state index < -0.39 is 5.97 Å². The average molecular weight is 253 g/mol. The largest absolute Gasteiger partial charge is 0.475 e. The molecule has 1 aromatic carbocycles. The summed E-state index contributed by atoms with van der Waals surface area (Å²) in [5.41, 5.74) is 1.19. The highest BCUT2D eigenvalue weighted by Crippen LogP contribution is 2.32. The van der Waals surface area contributed by atoms with Crippen molar-refractivity contribution in [1.82, 2.24) is 0 Å².